The van der Waals surface area contributed by atoms with Crippen LogP contribution in [0.1, 0.15) is 36.8 Å². The van der Waals surface area contributed by atoms with Crippen LogP contribution in [-0.4, -0.2) is 35.9 Å². The fraction of sp³-hybridized carbons (Fsp3) is 0.471. The van der Waals surface area contributed by atoms with Crippen LogP contribution in [0.4, 0.5) is 13.2 Å². The lowest BCUT2D eigenvalue weighted by Crippen LogP contribution is -2.36. The Labute approximate surface area is 155 Å². The van der Waals surface area contributed by atoms with E-state index in [4.69, 9.17) is 4.52 Å². The fourth-order valence-corrected chi connectivity index (χ4v) is 2.06. The third kappa shape index (κ3) is 7.16. The van der Waals surface area contributed by atoms with Gasteiger partial charge in [0.05, 0.1) is 12.2 Å². The van der Waals surface area contributed by atoms with Crippen LogP contribution in [0.15, 0.2) is 33.9 Å². The molecule has 27 heavy (non-hydrogen) atoms. The molecule has 10 heteroatoms. The number of aromatic nitrogens is 2. The Hall–Kier alpha value is -2.78. The molecule has 2 rings (SSSR count). The summed E-state index contributed by atoms with van der Waals surface area (Å²) in [4.78, 5) is 7.85. The zero-order chi connectivity index (χ0) is 19.9. The topological polar surface area (TPSA) is 84.6 Å². The van der Waals surface area contributed by atoms with E-state index in [1.54, 1.807) is 13.1 Å². The number of pyridine rings is 1. The molecule has 148 valence electrons. The van der Waals surface area contributed by atoms with Gasteiger partial charge in [0, 0.05) is 31.9 Å². The van der Waals surface area contributed by atoms with E-state index in [0.29, 0.717) is 30.4 Å². The highest BCUT2D eigenvalue weighted by atomic mass is 19.4. The van der Waals surface area contributed by atoms with E-state index in [1.165, 1.54) is 12.3 Å². The fourth-order valence-electron chi connectivity index (χ4n) is 2.06. The molecule has 7 nitrogen and oxygen atoms in total. The van der Waals surface area contributed by atoms with Crippen molar-refractivity contribution < 1.29 is 22.4 Å². The maximum absolute atomic E-state index is 12.2. The summed E-state index contributed by atoms with van der Waals surface area (Å²) in [5, 5.41) is 10.1. The SMILES string of the molecule is CN=C(NCc1ccnc(OCC(F)(F)F)c1)NCc1cc(C(C)C)no1. The first-order valence-corrected chi connectivity index (χ1v) is 8.31. The molecule has 0 aromatic carbocycles. The molecule has 2 heterocycles. The van der Waals surface area contributed by atoms with E-state index in [1.807, 2.05) is 19.9 Å². The highest BCUT2D eigenvalue weighted by Gasteiger charge is 2.28. The van der Waals surface area contributed by atoms with Gasteiger partial charge in [-0.1, -0.05) is 19.0 Å². The molecule has 0 spiro atoms. The van der Waals surface area contributed by atoms with Crippen LogP contribution in [0.5, 0.6) is 5.88 Å². The first kappa shape index (κ1) is 20.5. The highest BCUT2D eigenvalue weighted by molar-refractivity contribution is 5.79. The molecule has 0 saturated carbocycles. The summed E-state index contributed by atoms with van der Waals surface area (Å²) < 4.78 is 46.5. The predicted octanol–water partition coefficient (Wildman–Crippen LogP) is 3.00. The van der Waals surface area contributed by atoms with Crippen molar-refractivity contribution in [2.45, 2.75) is 39.0 Å². The van der Waals surface area contributed by atoms with Gasteiger partial charge in [-0.15, -0.1) is 0 Å². The third-order valence-electron chi connectivity index (χ3n) is 3.47. The van der Waals surface area contributed by atoms with Crippen LogP contribution in [0, 0.1) is 0 Å². The number of hydrogen-bond donors (Lipinski definition) is 2. The molecular formula is C17H22F3N5O2. The molecule has 0 saturated heterocycles. The molecule has 0 aliphatic heterocycles. The number of nitrogens with zero attached hydrogens (tertiary/aromatic N) is 3. The molecule has 0 amide bonds. The Morgan fingerprint density at radius 2 is 2.00 bits per heavy atom. The summed E-state index contributed by atoms with van der Waals surface area (Å²) >= 11 is 0. The quantitative estimate of drug-likeness (QED) is 0.563. The Bertz CT molecular complexity index is 759. The summed E-state index contributed by atoms with van der Waals surface area (Å²) in [7, 11) is 1.61. The van der Waals surface area contributed by atoms with Gasteiger partial charge in [-0.05, 0) is 17.5 Å². The van der Waals surface area contributed by atoms with Crippen molar-refractivity contribution in [2.75, 3.05) is 13.7 Å². The molecule has 0 fully saturated rings. The number of rotatable bonds is 7. The van der Waals surface area contributed by atoms with Crippen LogP contribution in [0.3, 0.4) is 0 Å². The van der Waals surface area contributed by atoms with Crippen molar-refractivity contribution in [3.63, 3.8) is 0 Å². The van der Waals surface area contributed by atoms with Crippen LogP contribution < -0.4 is 15.4 Å². The zero-order valence-electron chi connectivity index (χ0n) is 15.3. The lowest BCUT2D eigenvalue weighted by molar-refractivity contribution is -0.154. The predicted molar refractivity (Wildman–Crippen MR) is 93.4 cm³/mol. The first-order valence-electron chi connectivity index (χ1n) is 8.31. The number of ether oxygens (including phenoxy) is 1. The van der Waals surface area contributed by atoms with Crippen LogP contribution in [0.2, 0.25) is 0 Å². The number of nitrogens with one attached hydrogen (secondary N) is 2. The van der Waals surface area contributed by atoms with Crippen LogP contribution in [-0.2, 0) is 13.1 Å². The second-order valence-electron chi connectivity index (χ2n) is 6.06. The van der Waals surface area contributed by atoms with Gasteiger partial charge in [-0.25, -0.2) is 4.98 Å². The lowest BCUT2D eigenvalue weighted by atomic mass is 10.1. The van der Waals surface area contributed by atoms with Crippen molar-refractivity contribution in [2.24, 2.45) is 4.99 Å². The van der Waals surface area contributed by atoms with Crippen LogP contribution in [0.25, 0.3) is 0 Å². The molecule has 2 aromatic rings. The standard InChI is InChI=1S/C17H22F3N5O2/c1-11(2)14-7-13(27-25-14)9-24-16(21-3)23-8-12-4-5-22-15(6-12)26-10-17(18,19)20/h4-7,11H,8-10H2,1-3H3,(H2,21,23,24). The summed E-state index contributed by atoms with van der Waals surface area (Å²) in [6, 6.07) is 4.99. The molecular weight excluding hydrogens is 363 g/mol. The minimum Gasteiger partial charge on any atom is -0.468 e. The smallest absolute Gasteiger partial charge is 0.422 e. The molecule has 0 aliphatic carbocycles. The number of halogens is 3. The van der Waals surface area contributed by atoms with E-state index in [0.717, 1.165) is 5.69 Å². The molecule has 0 radical (unpaired) electrons. The van der Waals surface area contributed by atoms with Crippen molar-refractivity contribution in [1.29, 1.82) is 0 Å². The molecule has 2 aromatic heterocycles. The van der Waals surface area contributed by atoms with E-state index in [2.05, 4.69) is 30.5 Å². The number of aliphatic imine (C=N–C) groups is 1. The Kier molecular flexibility index (Phi) is 7.03. The van der Waals surface area contributed by atoms with Crippen molar-refractivity contribution in [3.05, 3.63) is 41.4 Å². The minimum absolute atomic E-state index is 0.0857. The Balaban J connectivity index is 1.84. The van der Waals surface area contributed by atoms with E-state index < -0.39 is 12.8 Å². The molecule has 0 bridgehead atoms. The zero-order valence-corrected chi connectivity index (χ0v) is 15.3. The molecule has 0 aliphatic rings. The van der Waals surface area contributed by atoms with Gasteiger partial charge in [-0.3, -0.25) is 4.99 Å². The van der Waals surface area contributed by atoms with Gasteiger partial charge < -0.3 is 19.9 Å². The van der Waals surface area contributed by atoms with Crippen molar-refractivity contribution >= 4 is 5.96 Å². The number of guanidine groups is 1. The van der Waals surface area contributed by atoms with Gasteiger partial charge >= 0.3 is 6.18 Å². The van der Waals surface area contributed by atoms with E-state index in [9.17, 15) is 13.2 Å². The molecule has 0 atom stereocenters. The Morgan fingerprint density at radius 1 is 1.26 bits per heavy atom. The van der Waals surface area contributed by atoms with Crippen molar-refractivity contribution in [1.82, 2.24) is 20.8 Å². The maximum atomic E-state index is 12.2. The molecule has 0 unspecified atom stereocenters. The lowest BCUT2D eigenvalue weighted by Gasteiger charge is -2.12. The summed E-state index contributed by atoms with van der Waals surface area (Å²) in [6.07, 6.45) is -3.01. The second-order valence-corrected chi connectivity index (χ2v) is 6.06. The van der Waals surface area contributed by atoms with Crippen LogP contribution >= 0.6 is 0 Å². The maximum Gasteiger partial charge on any atom is 0.422 e. The number of hydrogen-bond acceptors (Lipinski definition) is 5. The highest BCUT2D eigenvalue weighted by Crippen LogP contribution is 2.17. The van der Waals surface area contributed by atoms with E-state index in [-0.39, 0.29) is 11.8 Å². The second kappa shape index (κ2) is 9.24. The summed E-state index contributed by atoms with van der Waals surface area (Å²) in [5.41, 5.74) is 1.57. The molecule has 2 N–H and O–H groups in total. The minimum atomic E-state index is -4.40. The Morgan fingerprint density at radius 3 is 2.63 bits per heavy atom. The van der Waals surface area contributed by atoms with Gasteiger partial charge in [0.25, 0.3) is 0 Å². The first-order chi connectivity index (χ1) is 12.8. The summed E-state index contributed by atoms with van der Waals surface area (Å²) in [5.74, 6) is 1.37. The van der Waals surface area contributed by atoms with Crippen molar-refractivity contribution in [3.8, 4) is 5.88 Å². The average Bonchev–Trinajstić information content (AvgIpc) is 3.09. The monoisotopic (exact) mass is 385 g/mol. The largest absolute Gasteiger partial charge is 0.468 e. The van der Waals surface area contributed by atoms with Gasteiger partial charge in [0.15, 0.2) is 18.3 Å². The van der Waals surface area contributed by atoms with Gasteiger partial charge in [-0.2, -0.15) is 13.2 Å². The third-order valence-corrected chi connectivity index (χ3v) is 3.47. The average molecular weight is 385 g/mol. The van der Waals surface area contributed by atoms with Gasteiger partial charge in [0.2, 0.25) is 5.88 Å². The summed E-state index contributed by atoms with van der Waals surface area (Å²) in [6.45, 7) is 3.40. The normalized spacial score (nSPS) is 12.3. The van der Waals surface area contributed by atoms with Gasteiger partial charge in [0.1, 0.15) is 0 Å². The van der Waals surface area contributed by atoms with E-state index >= 15 is 0 Å². The number of alkyl halides is 3.